The number of hydrogen-bond donors (Lipinski definition) is 0. The average Bonchev–Trinajstić information content (AvgIpc) is 3.21. The van der Waals surface area contributed by atoms with Crippen LogP contribution in [0.15, 0.2) is 48.7 Å². The minimum Gasteiger partial charge on any atom is -0.493 e. The van der Waals surface area contributed by atoms with Gasteiger partial charge in [0.2, 0.25) is 0 Å². The number of ether oxygens (including phenoxy) is 2. The SMILES string of the molecule is COc1ccc(-c2cc(C(F)(F)F)n3nc(C(=O)N(C)CCc4ccccn4)c(Cl)c3n2)cc1OC. The molecular weight excluding hydrogens is 499 g/mol. The molecule has 3 aromatic heterocycles. The molecule has 0 radical (unpaired) electrons. The van der Waals surface area contributed by atoms with Crippen LogP contribution in [0, 0.1) is 0 Å². The highest BCUT2D eigenvalue weighted by Crippen LogP contribution is 2.37. The minimum absolute atomic E-state index is 0.0277. The van der Waals surface area contributed by atoms with Gasteiger partial charge in [-0.05, 0) is 36.4 Å². The Balaban J connectivity index is 1.75. The lowest BCUT2D eigenvalue weighted by molar-refractivity contribution is -0.142. The first-order valence-electron chi connectivity index (χ1n) is 10.7. The average molecular weight is 520 g/mol. The van der Waals surface area contributed by atoms with Gasteiger partial charge in [-0.15, -0.1) is 0 Å². The van der Waals surface area contributed by atoms with Crippen LogP contribution in [0.3, 0.4) is 0 Å². The van der Waals surface area contributed by atoms with Gasteiger partial charge in [0.25, 0.3) is 5.91 Å². The molecule has 0 aliphatic carbocycles. The molecule has 4 aromatic rings. The van der Waals surface area contributed by atoms with Crippen LogP contribution in [0.5, 0.6) is 11.5 Å². The number of likely N-dealkylation sites (N-methyl/N-ethyl adjacent to an activating group) is 1. The molecule has 1 aromatic carbocycles. The van der Waals surface area contributed by atoms with Gasteiger partial charge in [-0.1, -0.05) is 17.7 Å². The number of nitrogens with zero attached hydrogens (tertiary/aromatic N) is 5. The van der Waals surface area contributed by atoms with E-state index in [1.807, 2.05) is 12.1 Å². The van der Waals surface area contributed by atoms with Gasteiger partial charge in [-0.25, -0.2) is 9.50 Å². The predicted molar refractivity (Wildman–Crippen MR) is 126 cm³/mol. The van der Waals surface area contributed by atoms with Crippen molar-refractivity contribution in [2.24, 2.45) is 0 Å². The van der Waals surface area contributed by atoms with E-state index in [0.29, 0.717) is 28.0 Å². The Morgan fingerprint density at radius 2 is 1.86 bits per heavy atom. The van der Waals surface area contributed by atoms with Gasteiger partial charge in [0.15, 0.2) is 28.5 Å². The summed E-state index contributed by atoms with van der Waals surface area (Å²) >= 11 is 6.38. The van der Waals surface area contributed by atoms with E-state index >= 15 is 0 Å². The zero-order valence-electron chi connectivity index (χ0n) is 19.5. The maximum absolute atomic E-state index is 14.0. The van der Waals surface area contributed by atoms with E-state index in [2.05, 4.69) is 15.1 Å². The molecule has 1 amide bonds. The summed E-state index contributed by atoms with van der Waals surface area (Å²) in [7, 11) is 4.37. The molecule has 0 saturated heterocycles. The van der Waals surface area contributed by atoms with E-state index in [9.17, 15) is 18.0 Å². The van der Waals surface area contributed by atoms with Crippen molar-refractivity contribution in [2.45, 2.75) is 12.6 Å². The first kappa shape index (κ1) is 25.2. The topological polar surface area (TPSA) is 81.9 Å². The van der Waals surface area contributed by atoms with Crippen LogP contribution in [-0.2, 0) is 12.6 Å². The van der Waals surface area contributed by atoms with E-state index < -0.39 is 17.8 Å². The Kier molecular flexibility index (Phi) is 7.02. The van der Waals surface area contributed by atoms with Crippen LogP contribution in [0.2, 0.25) is 5.02 Å². The second-order valence-electron chi connectivity index (χ2n) is 7.79. The van der Waals surface area contributed by atoms with E-state index in [0.717, 1.165) is 11.8 Å². The fourth-order valence-electron chi connectivity index (χ4n) is 3.58. The third kappa shape index (κ3) is 4.92. The second-order valence-corrected chi connectivity index (χ2v) is 8.17. The Labute approximate surface area is 209 Å². The fourth-order valence-corrected chi connectivity index (χ4v) is 3.83. The van der Waals surface area contributed by atoms with Crippen molar-refractivity contribution in [2.75, 3.05) is 27.8 Å². The number of halogens is 4. The Morgan fingerprint density at radius 1 is 1.11 bits per heavy atom. The largest absolute Gasteiger partial charge is 0.493 e. The number of amides is 1. The third-order valence-corrected chi connectivity index (χ3v) is 5.83. The van der Waals surface area contributed by atoms with Crippen LogP contribution in [-0.4, -0.2) is 58.2 Å². The van der Waals surface area contributed by atoms with Crippen molar-refractivity contribution in [3.05, 3.63) is 70.8 Å². The van der Waals surface area contributed by atoms with E-state index in [1.54, 1.807) is 24.4 Å². The molecule has 0 aliphatic heterocycles. The van der Waals surface area contributed by atoms with Gasteiger partial charge in [-0.3, -0.25) is 9.78 Å². The first-order chi connectivity index (χ1) is 17.1. The summed E-state index contributed by atoms with van der Waals surface area (Å²) in [4.78, 5) is 22.9. The number of benzene rings is 1. The monoisotopic (exact) mass is 519 g/mol. The van der Waals surface area contributed by atoms with E-state index in [4.69, 9.17) is 21.1 Å². The van der Waals surface area contributed by atoms with Crippen LogP contribution in [0.25, 0.3) is 16.9 Å². The molecule has 0 N–H and O–H groups in total. The number of carbonyl (C=O) groups excluding carboxylic acids is 1. The molecule has 8 nitrogen and oxygen atoms in total. The van der Waals surface area contributed by atoms with Crippen molar-refractivity contribution in [1.29, 1.82) is 0 Å². The molecular formula is C24H21ClF3N5O3. The van der Waals surface area contributed by atoms with E-state index in [1.165, 1.54) is 32.2 Å². The third-order valence-electron chi connectivity index (χ3n) is 5.48. The zero-order chi connectivity index (χ0) is 26.0. The smallest absolute Gasteiger partial charge is 0.433 e. The number of aromatic nitrogens is 4. The van der Waals surface area contributed by atoms with Crippen LogP contribution < -0.4 is 9.47 Å². The fraction of sp³-hybridized carbons (Fsp3) is 0.250. The number of hydrogen-bond acceptors (Lipinski definition) is 6. The summed E-state index contributed by atoms with van der Waals surface area (Å²) in [5.74, 6) is 0.0832. The van der Waals surface area contributed by atoms with Gasteiger partial charge in [0.1, 0.15) is 5.02 Å². The molecule has 0 unspecified atom stereocenters. The van der Waals surface area contributed by atoms with Gasteiger partial charge >= 0.3 is 6.18 Å². The number of rotatable bonds is 7. The highest BCUT2D eigenvalue weighted by atomic mass is 35.5. The Morgan fingerprint density at radius 3 is 2.50 bits per heavy atom. The van der Waals surface area contributed by atoms with Crippen molar-refractivity contribution in [3.8, 4) is 22.8 Å². The molecule has 0 spiro atoms. The Hall–Kier alpha value is -3.86. The minimum atomic E-state index is -4.80. The van der Waals surface area contributed by atoms with Gasteiger partial charge in [-0.2, -0.15) is 18.3 Å². The lowest BCUT2D eigenvalue weighted by Gasteiger charge is -2.15. The normalized spacial score (nSPS) is 11.5. The highest BCUT2D eigenvalue weighted by Gasteiger charge is 2.37. The quantitative estimate of drug-likeness (QED) is 0.349. The van der Waals surface area contributed by atoms with Crippen molar-refractivity contribution >= 4 is 23.2 Å². The summed E-state index contributed by atoms with van der Waals surface area (Å²) < 4.78 is 53.0. The number of alkyl halides is 3. The van der Waals surface area contributed by atoms with Gasteiger partial charge in [0, 0.05) is 37.5 Å². The lowest BCUT2D eigenvalue weighted by Crippen LogP contribution is -2.29. The maximum Gasteiger partial charge on any atom is 0.433 e. The maximum atomic E-state index is 14.0. The van der Waals surface area contributed by atoms with Crippen molar-refractivity contribution in [3.63, 3.8) is 0 Å². The standard InChI is InChI=1S/C24H21ClF3N5O3/c1-32(11-9-15-6-4-5-10-29-15)23(34)21-20(25)22-30-16(13-19(24(26,27)28)33(22)31-21)14-7-8-17(35-2)18(12-14)36-3/h4-8,10,12-13H,9,11H2,1-3H3. The number of fused-ring (bicyclic) bond motifs is 1. The summed E-state index contributed by atoms with van der Waals surface area (Å²) in [6.45, 7) is 0.260. The molecule has 0 bridgehead atoms. The summed E-state index contributed by atoms with van der Waals surface area (Å²) in [5.41, 5.74) is -0.688. The molecule has 0 aliphatic rings. The molecule has 188 valence electrons. The van der Waals surface area contributed by atoms with Crippen LogP contribution >= 0.6 is 11.6 Å². The summed E-state index contributed by atoms with van der Waals surface area (Å²) in [6.07, 6.45) is -2.72. The molecule has 0 fully saturated rings. The van der Waals surface area contributed by atoms with Crippen molar-refractivity contribution in [1.82, 2.24) is 24.5 Å². The molecule has 4 rings (SSSR count). The Bertz CT molecular complexity index is 1410. The second kappa shape index (κ2) is 10.0. The van der Waals surface area contributed by atoms with Crippen molar-refractivity contribution < 1.29 is 27.4 Å². The molecule has 0 atom stereocenters. The molecule has 3 heterocycles. The van der Waals surface area contributed by atoms with Gasteiger partial charge in [0.05, 0.1) is 19.9 Å². The summed E-state index contributed by atoms with van der Waals surface area (Å²) in [6, 6.07) is 10.8. The highest BCUT2D eigenvalue weighted by molar-refractivity contribution is 6.36. The number of carbonyl (C=O) groups is 1. The number of methoxy groups -OCH3 is 2. The van der Waals surface area contributed by atoms with Gasteiger partial charge < -0.3 is 14.4 Å². The molecule has 0 saturated carbocycles. The zero-order valence-corrected chi connectivity index (χ0v) is 20.3. The van der Waals surface area contributed by atoms with Crippen LogP contribution in [0.1, 0.15) is 21.9 Å². The predicted octanol–water partition coefficient (Wildman–Crippen LogP) is 4.80. The number of pyridine rings is 1. The molecule has 36 heavy (non-hydrogen) atoms. The molecule has 12 heteroatoms. The van der Waals surface area contributed by atoms with E-state index in [-0.39, 0.29) is 28.6 Å². The van der Waals surface area contributed by atoms with Crippen LogP contribution in [0.4, 0.5) is 13.2 Å². The summed E-state index contributed by atoms with van der Waals surface area (Å²) in [5, 5.41) is 3.62. The first-order valence-corrected chi connectivity index (χ1v) is 11.1. The lowest BCUT2D eigenvalue weighted by atomic mass is 10.1.